The first-order chi connectivity index (χ1) is 9.88. The maximum absolute atomic E-state index is 12.3. The quantitative estimate of drug-likeness (QED) is 0.678. The van der Waals surface area contributed by atoms with Crippen LogP contribution in [0.4, 0.5) is 0 Å². The van der Waals surface area contributed by atoms with E-state index in [0.717, 1.165) is 5.56 Å². The van der Waals surface area contributed by atoms with Crippen LogP contribution in [0.2, 0.25) is 5.02 Å². The summed E-state index contributed by atoms with van der Waals surface area (Å²) in [5.74, 6) is 0.243. The number of hydrogen-bond acceptors (Lipinski definition) is 4. The molecule has 0 bridgehead atoms. The van der Waals surface area contributed by atoms with Crippen molar-refractivity contribution in [2.75, 3.05) is 33.4 Å². The molecular weight excluding hydrogens is 312 g/mol. The summed E-state index contributed by atoms with van der Waals surface area (Å²) in [7, 11) is -1.97. The molecule has 21 heavy (non-hydrogen) atoms. The van der Waals surface area contributed by atoms with Gasteiger partial charge in [-0.15, -0.1) is 0 Å². The number of nitrogens with one attached hydrogen (secondary N) is 2. The molecule has 0 radical (unpaired) electrons. The Kier molecular flexibility index (Phi) is 7.62. The summed E-state index contributed by atoms with van der Waals surface area (Å²) in [5, 5.41) is 3.31. The highest BCUT2D eigenvalue weighted by Crippen LogP contribution is 2.25. The van der Waals surface area contributed by atoms with Gasteiger partial charge >= 0.3 is 0 Å². The number of methoxy groups -OCH3 is 1. The van der Waals surface area contributed by atoms with Gasteiger partial charge in [-0.2, -0.15) is 0 Å². The zero-order valence-electron chi connectivity index (χ0n) is 12.6. The van der Waals surface area contributed by atoms with Crippen LogP contribution < -0.4 is 10.0 Å². The smallest absolute Gasteiger partial charge is 0.242 e. The van der Waals surface area contributed by atoms with Gasteiger partial charge in [0.15, 0.2) is 0 Å². The average Bonchev–Trinajstić information content (AvgIpc) is 2.42. The van der Waals surface area contributed by atoms with Gasteiger partial charge in [-0.05, 0) is 23.6 Å². The molecule has 0 saturated carbocycles. The summed E-state index contributed by atoms with van der Waals surface area (Å²) in [6.45, 7) is 6.12. The SMILES string of the molecule is COCCNCCNS(=O)(=O)c1cc(C(C)C)ccc1Cl. The number of halogens is 1. The van der Waals surface area contributed by atoms with E-state index in [2.05, 4.69) is 10.0 Å². The van der Waals surface area contributed by atoms with E-state index >= 15 is 0 Å². The van der Waals surface area contributed by atoms with Crippen LogP contribution in [0.15, 0.2) is 23.1 Å². The Balaban J connectivity index is 2.67. The van der Waals surface area contributed by atoms with Crippen LogP contribution in [0.1, 0.15) is 25.3 Å². The summed E-state index contributed by atoms with van der Waals surface area (Å²) in [6.07, 6.45) is 0. The predicted octanol–water partition coefficient (Wildman–Crippen LogP) is 1.98. The zero-order valence-corrected chi connectivity index (χ0v) is 14.2. The van der Waals surface area contributed by atoms with Crippen molar-refractivity contribution in [3.63, 3.8) is 0 Å². The van der Waals surface area contributed by atoms with E-state index in [1.54, 1.807) is 19.2 Å². The molecule has 7 heteroatoms. The lowest BCUT2D eigenvalue weighted by Crippen LogP contribution is -2.33. The number of benzene rings is 1. The maximum atomic E-state index is 12.3. The Morgan fingerprint density at radius 1 is 1.24 bits per heavy atom. The highest BCUT2D eigenvalue weighted by Gasteiger charge is 2.18. The predicted molar refractivity (Wildman–Crippen MR) is 85.5 cm³/mol. The van der Waals surface area contributed by atoms with Gasteiger partial charge in [0.2, 0.25) is 10.0 Å². The molecule has 120 valence electrons. The molecule has 1 rings (SSSR count). The van der Waals surface area contributed by atoms with Crippen molar-refractivity contribution in [1.82, 2.24) is 10.0 Å². The van der Waals surface area contributed by atoms with Crippen molar-refractivity contribution >= 4 is 21.6 Å². The molecule has 5 nitrogen and oxygen atoms in total. The lowest BCUT2D eigenvalue weighted by molar-refractivity contribution is 0.199. The summed E-state index contributed by atoms with van der Waals surface area (Å²) in [4.78, 5) is 0.132. The van der Waals surface area contributed by atoms with Crippen molar-refractivity contribution in [3.8, 4) is 0 Å². The molecule has 1 aromatic carbocycles. The molecule has 0 aliphatic carbocycles. The van der Waals surface area contributed by atoms with Crippen LogP contribution in [0.3, 0.4) is 0 Å². The van der Waals surface area contributed by atoms with Gasteiger partial charge in [0.1, 0.15) is 4.90 Å². The van der Waals surface area contributed by atoms with Crippen molar-refractivity contribution < 1.29 is 13.2 Å². The van der Waals surface area contributed by atoms with Crippen LogP contribution in [0, 0.1) is 0 Å². The Bertz CT molecular complexity index is 547. The summed E-state index contributed by atoms with van der Waals surface area (Å²) in [6, 6.07) is 5.11. The number of hydrogen-bond donors (Lipinski definition) is 2. The highest BCUT2D eigenvalue weighted by atomic mass is 35.5. The first kappa shape index (κ1) is 18.4. The highest BCUT2D eigenvalue weighted by molar-refractivity contribution is 7.89. The van der Waals surface area contributed by atoms with Crippen molar-refractivity contribution in [2.24, 2.45) is 0 Å². The zero-order chi connectivity index (χ0) is 15.9. The summed E-state index contributed by atoms with van der Waals surface area (Å²) >= 11 is 6.02. The first-order valence-electron chi connectivity index (χ1n) is 6.87. The lowest BCUT2D eigenvalue weighted by Gasteiger charge is -2.12. The van der Waals surface area contributed by atoms with Crippen molar-refractivity contribution in [1.29, 1.82) is 0 Å². The molecule has 0 aromatic heterocycles. The molecule has 0 aliphatic heterocycles. The topological polar surface area (TPSA) is 67.4 Å². The van der Waals surface area contributed by atoms with Crippen LogP contribution in [0.25, 0.3) is 0 Å². The molecule has 0 aliphatic rings. The fraction of sp³-hybridized carbons (Fsp3) is 0.571. The van der Waals surface area contributed by atoms with Crippen molar-refractivity contribution in [3.05, 3.63) is 28.8 Å². The number of rotatable bonds is 9. The molecule has 0 unspecified atom stereocenters. The van der Waals surface area contributed by atoms with Crippen LogP contribution in [-0.2, 0) is 14.8 Å². The monoisotopic (exact) mass is 334 g/mol. The second-order valence-electron chi connectivity index (χ2n) is 4.99. The van der Waals surface area contributed by atoms with E-state index in [1.807, 2.05) is 19.9 Å². The second kappa shape index (κ2) is 8.70. The normalized spacial score (nSPS) is 12.0. The molecule has 0 amide bonds. The van der Waals surface area contributed by atoms with E-state index in [9.17, 15) is 8.42 Å². The number of sulfonamides is 1. The Morgan fingerprint density at radius 3 is 2.57 bits per heavy atom. The minimum absolute atomic E-state index is 0.132. The lowest BCUT2D eigenvalue weighted by atomic mass is 10.0. The summed E-state index contributed by atoms with van der Waals surface area (Å²) in [5.41, 5.74) is 0.943. The molecule has 0 atom stereocenters. The minimum atomic E-state index is -3.59. The molecular formula is C14H23ClN2O3S. The minimum Gasteiger partial charge on any atom is -0.383 e. The molecule has 0 spiro atoms. The van der Waals surface area contributed by atoms with Gasteiger partial charge in [0, 0.05) is 26.7 Å². The molecule has 2 N–H and O–H groups in total. The third-order valence-electron chi connectivity index (χ3n) is 2.99. The molecule has 1 aromatic rings. The van der Waals surface area contributed by atoms with E-state index in [4.69, 9.17) is 16.3 Å². The first-order valence-corrected chi connectivity index (χ1v) is 8.73. The Morgan fingerprint density at radius 2 is 1.95 bits per heavy atom. The molecule has 0 fully saturated rings. The van der Waals surface area contributed by atoms with Gasteiger partial charge in [-0.1, -0.05) is 31.5 Å². The third kappa shape index (κ3) is 5.92. The van der Waals surface area contributed by atoms with Crippen molar-refractivity contribution in [2.45, 2.75) is 24.7 Å². The van der Waals surface area contributed by atoms with Gasteiger partial charge in [0.25, 0.3) is 0 Å². The van der Waals surface area contributed by atoms with E-state index < -0.39 is 10.0 Å². The maximum Gasteiger partial charge on any atom is 0.242 e. The van der Waals surface area contributed by atoms with Crippen LogP contribution >= 0.6 is 11.6 Å². The largest absolute Gasteiger partial charge is 0.383 e. The standard InChI is InChI=1S/C14H23ClN2O3S/c1-11(2)12-4-5-13(15)14(10-12)21(18,19)17-7-6-16-8-9-20-3/h4-5,10-11,16-17H,6-9H2,1-3H3. The Labute approximate surface area is 132 Å². The van der Waals surface area contributed by atoms with E-state index in [1.165, 1.54) is 0 Å². The van der Waals surface area contributed by atoms with Gasteiger partial charge < -0.3 is 10.1 Å². The fourth-order valence-electron chi connectivity index (χ4n) is 1.74. The van der Waals surface area contributed by atoms with Crippen LogP contribution in [0.5, 0.6) is 0 Å². The molecule has 0 heterocycles. The van der Waals surface area contributed by atoms with Gasteiger partial charge in [-0.25, -0.2) is 13.1 Å². The Hall–Kier alpha value is -0.660. The molecule has 0 saturated heterocycles. The summed E-state index contributed by atoms with van der Waals surface area (Å²) < 4.78 is 32.0. The van der Waals surface area contributed by atoms with E-state index in [-0.39, 0.29) is 15.8 Å². The average molecular weight is 335 g/mol. The van der Waals surface area contributed by atoms with Crippen LogP contribution in [-0.4, -0.2) is 41.8 Å². The fourth-order valence-corrected chi connectivity index (χ4v) is 3.30. The van der Waals surface area contributed by atoms with E-state index in [0.29, 0.717) is 26.2 Å². The third-order valence-corrected chi connectivity index (χ3v) is 4.93. The number of ether oxygens (including phenoxy) is 1. The van der Waals surface area contributed by atoms with Gasteiger partial charge in [0.05, 0.1) is 11.6 Å². The van der Waals surface area contributed by atoms with Gasteiger partial charge in [-0.3, -0.25) is 0 Å². The second-order valence-corrected chi connectivity index (χ2v) is 7.13.